The smallest absolute Gasteiger partial charge is 0.107 e. The van der Waals surface area contributed by atoms with Crippen molar-refractivity contribution in [3.8, 4) is 11.3 Å². The first kappa shape index (κ1) is 10.7. The molecule has 0 bridgehead atoms. The van der Waals surface area contributed by atoms with E-state index in [1.165, 1.54) is 0 Å². The highest BCUT2D eigenvalue weighted by molar-refractivity contribution is 9.10. The monoisotopic (exact) mass is 284 g/mol. The van der Waals surface area contributed by atoms with E-state index in [4.69, 9.17) is 11.6 Å². The Bertz CT molecular complexity index is 488. The second kappa shape index (κ2) is 3.99. The lowest BCUT2D eigenvalue weighted by Crippen LogP contribution is -1.92. The van der Waals surface area contributed by atoms with Gasteiger partial charge in [-0.05, 0) is 35.0 Å². The van der Waals surface area contributed by atoms with Crippen LogP contribution in [0.25, 0.3) is 11.3 Å². The van der Waals surface area contributed by atoms with Gasteiger partial charge in [-0.15, -0.1) is 0 Å². The van der Waals surface area contributed by atoms with Crippen molar-refractivity contribution in [2.45, 2.75) is 6.92 Å². The molecule has 78 valence electrons. The second-order valence-corrected chi connectivity index (χ2v) is 4.61. The Morgan fingerprint density at radius 1 is 1.27 bits per heavy atom. The third-order valence-electron chi connectivity index (χ3n) is 2.38. The molecule has 0 unspecified atom stereocenters. The Morgan fingerprint density at radius 2 is 1.87 bits per heavy atom. The Hall–Kier alpha value is -0.800. The van der Waals surface area contributed by atoms with Crippen LogP contribution in [0.1, 0.15) is 5.69 Å². The van der Waals surface area contributed by atoms with Crippen molar-refractivity contribution in [2.75, 3.05) is 0 Å². The summed E-state index contributed by atoms with van der Waals surface area (Å²) in [6.45, 7) is 2.02. The fraction of sp³-hybridized carbons (Fsp3) is 0.182. The van der Waals surface area contributed by atoms with Gasteiger partial charge in [0.15, 0.2) is 0 Å². The minimum atomic E-state index is 0.738. The van der Waals surface area contributed by atoms with Gasteiger partial charge in [-0.2, -0.15) is 5.10 Å². The normalized spacial score (nSPS) is 10.7. The van der Waals surface area contributed by atoms with Gasteiger partial charge in [-0.3, -0.25) is 4.68 Å². The summed E-state index contributed by atoms with van der Waals surface area (Å²) >= 11 is 9.38. The van der Waals surface area contributed by atoms with Crippen LogP contribution >= 0.6 is 27.5 Å². The number of rotatable bonds is 1. The zero-order valence-electron chi connectivity index (χ0n) is 8.46. The predicted octanol–water partition coefficient (Wildman–Crippen LogP) is 3.81. The average Bonchev–Trinajstić information content (AvgIpc) is 2.47. The molecule has 0 fully saturated rings. The lowest BCUT2D eigenvalue weighted by Gasteiger charge is -1.97. The van der Waals surface area contributed by atoms with E-state index < -0.39 is 0 Å². The molecule has 2 nitrogen and oxygen atoms in total. The summed E-state index contributed by atoms with van der Waals surface area (Å²) < 4.78 is 2.89. The van der Waals surface area contributed by atoms with Crippen LogP contribution in [-0.4, -0.2) is 9.78 Å². The Balaban J connectivity index is 2.54. The molecule has 4 heteroatoms. The van der Waals surface area contributed by atoms with Crippen LogP contribution < -0.4 is 0 Å². The third-order valence-corrected chi connectivity index (χ3v) is 3.58. The van der Waals surface area contributed by atoms with Crippen molar-refractivity contribution in [1.29, 1.82) is 0 Å². The molecule has 0 radical (unpaired) electrons. The van der Waals surface area contributed by atoms with E-state index in [0.717, 1.165) is 26.4 Å². The summed E-state index contributed by atoms with van der Waals surface area (Å²) in [5.74, 6) is 0. The fourth-order valence-corrected chi connectivity index (χ4v) is 2.07. The van der Waals surface area contributed by atoms with Crippen molar-refractivity contribution in [2.24, 2.45) is 7.05 Å². The molecular formula is C11H10BrClN2. The van der Waals surface area contributed by atoms with E-state index in [1.807, 2.05) is 42.9 Å². The summed E-state index contributed by atoms with van der Waals surface area (Å²) in [5, 5.41) is 5.17. The van der Waals surface area contributed by atoms with Crippen molar-refractivity contribution in [3.05, 3.63) is 39.5 Å². The largest absolute Gasteiger partial charge is 0.271 e. The maximum atomic E-state index is 5.84. The molecule has 0 N–H and O–H groups in total. The van der Waals surface area contributed by atoms with E-state index in [0.29, 0.717) is 0 Å². The van der Waals surface area contributed by atoms with E-state index in [-0.39, 0.29) is 0 Å². The number of hydrogen-bond donors (Lipinski definition) is 0. The Morgan fingerprint density at radius 3 is 2.33 bits per heavy atom. The average molecular weight is 286 g/mol. The van der Waals surface area contributed by atoms with Crippen molar-refractivity contribution >= 4 is 27.5 Å². The van der Waals surface area contributed by atoms with Crippen LogP contribution in [0.5, 0.6) is 0 Å². The van der Waals surface area contributed by atoms with Gasteiger partial charge >= 0.3 is 0 Å². The van der Waals surface area contributed by atoms with E-state index in [9.17, 15) is 0 Å². The number of hydrogen-bond acceptors (Lipinski definition) is 1. The topological polar surface area (TPSA) is 17.8 Å². The highest BCUT2D eigenvalue weighted by atomic mass is 79.9. The van der Waals surface area contributed by atoms with Crippen LogP contribution in [0.2, 0.25) is 5.02 Å². The minimum absolute atomic E-state index is 0.738. The van der Waals surface area contributed by atoms with Crippen molar-refractivity contribution in [3.63, 3.8) is 0 Å². The van der Waals surface area contributed by atoms with Gasteiger partial charge in [-0.25, -0.2) is 0 Å². The minimum Gasteiger partial charge on any atom is -0.271 e. The van der Waals surface area contributed by atoms with Gasteiger partial charge in [0.05, 0.1) is 4.47 Å². The number of halogens is 2. The van der Waals surface area contributed by atoms with Crippen molar-refractivity contribution in [1.82, 2.24) is 9.78 Å². The van der Waals surface area contributed by atoms with Crippen LogP contribution in [0.15, 0.2) is 28.7 Å². The summed E-state index contributed by atoms with van der Waals surface area (Å²) in [6.07, 6.45) is 0. The van der Waals surface area contributed by atoms with Gasteiger partial charge in [0.25, 0.3) is 0 Å². The predicted molar refractivity (Wildman–Crippen MR) is 66.1 cm³/mol. The fourth-order valence-electron chi connectivity index (χ4n) is 1.37. The van der Waals surface area contributed by atoms with Crippen LogP contribution in [0, 0.1) is 6.92 Å². The first-order valence-corrected chi connectivity index (χ1v) is 5.71. The third kappa shape index (κ3) is 1.94. The summed E-state index contributed by atoms with van der Waals surface area (Å²) in [6, 6.07) is 7.67. The van der Waals surface area contributed by atoms with E-state index in [1.54, 1.807) is 0 Å². The Labute approximate surface area is 102 Å². The Kier molecular flexibility index (Phi) is 2.85. The lowest BCUT2D eigenvalue weighted by atomic mass is 10.1. The summed E-state index contributed by atoms with van der Waals surface area (Å²) in [7, 11) is 1.93. The first-order chi connectivity index (χ1) is 7.09. The quantitative estimate of drug-likeness (QED) is 0.779. The maximum absolute atomic E-state index is 5.84. The molecular weight excluding hydrogens is 275 g/mol. The molecule has 1 aromatic heterocycles. The van der Waals surface area contributed by atoms with E-state index in [2.05, 4.69) is 21.0 Å². The number of benzene rings is 1. The standard InChI is InChI=1S/C11H10BrClN2/c1-7-10(12)11(14-15(7)2)8-3-5-9(13)6-4-8/h3-6H,1-2H3. The first-order valence-electron chi connectivity index (χ1n) is 4.54. The molecule has 0 saturated carbocycles. The van der Waals surface area contributed by atoms with E-state index >= 15 is 0 Å². The molecule has 2 rings (SSSR count). The van der Waals surface area contributed by atoms with Gasteiger partial charge in [0.2, 0.25) is 0 Å². The second-order valence-electron chi connectivity index (χ2n) is 3.38. The highest BCUT2D eigenvalue weighted by Gasteiger charge is 2.11. The summed E-state index contributed by atoms with van der Waals surface area (Å²) in [5.41, 5.74) is 3.13. The molecule has 0 aliphatic rings. The van der Waals surface area contributed by atoms with Crippen LogP contribution in [0.3, 0.4) is 0 Å². The summed E-state index contributed by atoms with van der Waals surface area (Å²) in [4.78, 5) is 0. The molecule has 1 heterocycles. The van der Waals surface area contributed by atoms with Gasteiger partial charge in [-0.1, -0.05) is 23.7 Å². The van der Waals surface area contributed by atoms with Crippen LogP contribution in [0.4, 0.5) is 0 Å². The molecule has 0 amide bonds. The molecule has 0 saturated heterocycles. The SMILES string of the molecule is Cc1c(Br)c(-c2ccc(Cl)cc2)nn1C. The molecule has 0 aliphatic carbocycles. The molecule has 0 atom stereocenters. The zero-order valence-corrected chi connectivity index (χ0v) is 10.8. The molecule has 2 aromatic rings. The maximum Gasteiger partial charge on any atom is 0.107 e. The van der Waals surface area contributed by atoms with Gasteiger partial charge in [0, 0.05) is 23.3 Å². The number of aromatic nitrogens is 2. The van der Waals surface area contributed by atoms with Crippen molar-refractivity contribution < 1.29 is 0 Å². The molecule has 15 heavy (non-hydrogen) atoms. The highest BCUT2D eigenvalue weighted by Crippen LogP contribution is 2.30. The molecule has 1 aromatic carbocycles. The molecule has 0 spiro atoms. The number of nitrogens with zero attached hydrogens (tertiary/aromatic N) is 2. The number of aryl methyl sites for hydroxylation is 1. The zero-order chi connectivity index (χ0) is 11.0. The van der Waals surface area contributed by atoms with Gasteiger partial charge in [0.1, 0.15) is 5.69 Å². The lowest BCUT2D eigenvalue weighted by molar-refractivity contribution is 0.742. The molecule has 0 aliphatic heterocycles. The van der Waals surface area contributed by atoms with Gasteiger partial charge < -0.3 is 0 Å². The van der Waals surface area contributed by atoms with Crippen LogP contribution in [-0.2, 0) is 7.05 Å².